The second-order valence-corrected chi connectivity index (χ2v) is 5.64. The van der Waals surface area contributed by atoms with Gasteiger partial charge in [-0.15, -0.1) is 0 Å². The van der Waals surface area contributed by atoms with Gasteiger partial charge in [0.1, 0.15) is 0 Å². The Morgan fingerprint density at radius 2 is 2.16 bits per heavy atom. The molecule has 98 valence electrons. The van der Waals surface area contributed by atoms with Crippen molar-refractivity contribution in [2.24, 2.45) is 5.92 Å². The Morgan fingerprint density at radius 1 is 1.26 bits per heavy atom. The summed E-state index contributed by atoms with van der Waals surface area (Å²) in [7, 11) is 0. The smallest absolute Gasteiger partial charge is 0.00929 e. The van der Waals surface area contributed by atoms with Crippen molar-refractivity contribution in [2.45, 2.75) is 38.5 Å². The molecule has 19 heavy (non-hydrogen) atoms. The molecule has 1 aromatic rings. The largest absolute Gasteiger partial charge is 0.0805 e. The van der Waals surface area contributed by atoms with Crippen LogP contribution in [0.4, 0.5) is 0 Å². The summed E-state index contributed by atoms with van der Waals surface area (Å²) < 4.78 is 0. The Morgan fingerprint density at radius 3 is 2.95 bits per heavy atom. The van der Waals surface area contributed by atoms with Gasteiger partial charge in [0, 0.05) is 5.92 Å². The number of hydrogen-bond acceptors (Lipinski definition) is 0. The summed E-state index contributed by atoms with van der Waals surface area (Å²) in [5.74, 6) is 1.28. The Bertz CT molecular complexity index is 531. The fourth-order valence-corrected chi connectivity index (χ4v) is 3.39. The van der Waals surface area contributed by atoms with E-state index in [9.17, 15) is 0 Å². The normalized spacial score (nSPS) is 21.5. The SMILES string of the molecule is CCCCC(C1=CC=CC1)C1C=Cc2ccccc21. The van der Waals surface area contributed by atoms with Crippen LogP contribution in [-0.4, -0.2) is 0 Å². The van der Waals surface area contributed by atoms with Crippen molar-refractivity contribution in [3.8, 4) is 0 Å². The standard InChI is InChI=1S/C19H22/c1-2-3-11-17(15-8-4-5-9-15)19-14-13-16-10-6-7-12-18(16)19/h4-8,10,12-14,17,19H,2-3,9,11H2,1H3. The molecule has 0 aliphatic heterocycles. The average Bonchev–Trinajstić information content (AvgIpc) is 3.09. The van der Waals surface area contributed by atoms with E-state index < -0.39 is 0 Å². The third kappa shape index (κ3) is 2.45. The first-order chi connectivity index (χ1) is 9.40. The van der Waals surface area contributed by atoms with Crippen LogP contribution >= 0.6 is 0 Å². The summed E-state index contributed by atoms with van der Waals surface area (Å²) in [6, 6.07) is 8.87. The lowest BCUT2D eigenvalue weighted by Gasteiger charge is -2.25. The third-order valence-corrected chi connectivity index (χ3v) is 4.42. The predicted octanol–water partition coefficient (Wildman–Crippen LogP) is 5.49. The minimum absolute atomic E-state index is 0.592. The molecule has 2 unspecified atom stereocenters. The van der Waals surface area contributed by atoms with E-state index >= 15 is 0 Å². The Kier molecular flexibility index (Phi) is 3.68. The molecular weight excluding hydrogens is 228 g/mol. The van der Waals surface area contributed by atoms with Crippen LogP contribution in [-0.2, 0) is 0 Å². The zero-order chi connectivity index (χ0) is 13.1. The molecule has 0 bridgehead atoms. The molecule has 2 aliphatic rings. The van der Waals surface area contributed by atoms with Crippen molar-refractivity contribution < 1.29 is 0 Å². The van der Waals surface area contributed by atoms with Crippen LogP contribution in [0.2, 0.25) is 0 Å². The highest BCUT2D eigenvalue weighted by Gasteiger charge is 2.28. The molecule has 2 aliphatic carbocycles. The Balaban J connectivity index is 1.86. The van der Waals surface area contributed by atoms with Crippen molar-refractivity contribution in [2.75, 3.05) is 0 Å². The van der Waals surface area contributed by atoms with E-state index in [0.29, 0.717) is 11.8 Å². The van der Waals surface area contributed by atoms with Gasteiger partial charge < -0.3 is 0 Å². The molecule has 1 aromatic carbocycles. The van der Waals surface area contributed by atoms with Gasteiger partial charge in [0.25, 0.3) is 0 Å². The lowest BCUT2D eigenvalue weighted by molar-refractivity contribution is 0.485. The van der Waals surface area contributed by atoms with Crippen LogP contribution in [0.25, 0.3) is 6.08 Å². The van der Waals surface area contributed by atoms with E-state index in [0.717, 1.165) is 6.42 Å². The van der Waals surface area contributed by atoms with Gasteiger partial charge in [-0.25, -0.2) is 0 Å². The highest BCUT2D eigenvalue weighted by atomic mass is 14.3. The van der Waals surface area contributed by atoms with Gasteiger partial charge in [-0.3, -0.25) is 0 Å². The van der Waals surface area contributed by atoms with Gasteiger partial charge in [-0.1, -0.05) is 80.0 Å². The highest BCUT2D eigenvalue weighted by Crippen LogP contribution is 2.42. The molecule has 0 fully saturated rings. The van der Waals surface area contributed by atoms with E-state index in [-0.39, 0.29) is 0 Å². The zero-order valence-electron chi connectivity index (χ0n) is 11.7. The summed E-state index contributed by atoms with van der Waals surface area (Å²) in [5, 5.41) is 0. The summed E-state index contributed by atoms with van der Waals surface area (Å²) in [6.45, 7) is 2.29. The maximum Gasteiger partial charge on any atom is 0.00929 e. The first kappa shape index (κ1) is 12.5. The molecule has 0 heteroatoms. The summed E-state index contributed by atoms with van der Waals surface area (Å²) in [6.07, 6.45) is 16.7. The zero-order valence-corrected chi connectivity index (χ0v) is 11.7. The summed E-state index contributed by atoms with van der Waals surface area (Å²) in [4.78, 5) is 0. The van der Waals surface area contributed by atoms with Crippen LogP contribution in [0, 0.1) is 5.92 Å². The second kappa shape index (κ2) is 5.61. The van der Waals surface area contributed by atoms with Crippen molar-refractivity contribution in [3.05, 3.63) is 65.3 Å². The lowest BCUT2D eigenvalue weighted by Crippen LogP contribution is -2.12. The van der Waals surface area contributed by atoms with E-state index in [4.69, 9.17) is 0 Å². The molecule has 3 rings (SSSR count). The molecule has 0 nitrogen and oxygen atoms in total. The number of unbranched alkanes of at least 4 members (excludes halogenated alkanes) is 1. The molecule has 0 heterocycles. The average molecular weight is 250 g/mol. The summed E-state index contributed by atoms with van der Waals surface area (Å²) in [5.41, 5.74) is 4.57. The van der Waals surface area contributed by atoms with Crippen LogP contribution in [0.3, 0.4) is 0 Å². The lowest BCUT2D eigenvalue weighted by atomic mass is 9.79. The Labute approximate surface area is 116 Å². The molecule has 0 radical (unpaired) electrons. The van der Waals surface area contributed by atoms with Gasteiger partial charge in [-0.05, 0) is 29.9 Å². The highest BCUT2D eigenvalue weighted by molar-refractivity contribution is 5.63. The monoisotopic (exact) mass is 250 g/mol. The molecule has 0 spiro atoms. The van der Waals surface area contributed by atoms with E-state index in [2.05, 4.69) is 61.6 Å². The van der Waals surface area contributed by atoms with Crippen LogP contribution in [0.15, 0.2) is 54.1 Å². The number of rotatable bonds is 5. The quantitative estimate of drug-likeness (QED) is 0.648. The molecule has 0 amide bonds. The maximum absolute atomic E-state index is 2.42. The van der Waals surface area contributed by atoms with Gasteiger partial charge in [0.05, 0.1) is 0 Å². The number of allylic oxidation sites excluding steroid dienone is 5. The molecule has 0 aromatic heterocycles. The van der Waals surface area contributed by atoms with Gasteiger partial charge in [0.15, 0.2) is 0 Å². The summed E-state index contributed by atoms with van der Waals surface area (Å²) >= 11 is 0. The van der Waals surface area contributed by atoms with Crippen molar-refractivity contribution in [3.63, 3.8) is 0 Å². The molecule has 0 saturated carbocycles. The van der Waals surface area contributed by atoms with E-state index in [1.165, 1.54) is 30.4 Å². The fraction of sp³-hybridized carbons (Fsp3) is 0.368. The second-order valence-electron chi connectivity index (χ2n) is 5.64. The predicted molar refractivity (Wildman–Crippen MR) is 83.1 cm³/mol. The number of benzene rings is 1. The maximum atomic E-state index is 2.42. The molecular formula is C19H22. The van der Waals surface area contributed by atoms with Crippen molar-refractivity contribution in [1.29, 1.82) is 0 Å². The van der Waals surface area contributed by atoms with Gasteiger partial charge >= 0.3 is 0 Å². The van der Waals surface area contributed by atoms with Crippen LogP contribution in [0.1, 0.15) is 49.7 Å². The first-order valence-electron chi connectivity index (χ1n) is 7.53. The Hall–Kier alpha value is -1.56. The molecule has 2 atom stereocenters. The van der Waals surface area contributed by atoms with Gasteiger partial charge in [-0.2, -0.15) is 0 Å². The fourth-order valence-electron chi connectivity index (χ4n) is 3.39. The number of hydrogen-bond donors (Lipinski definition) is 0. The minimum Gasteiger partial charge on any atom is -0.0805 e. The first-order valence-corrected chi connectivity index (χ1v) is 7.53. The van der Waals surface area contributed by atoms with E-state index in [1.807, 2.05) is 0 Å². The van der Waals surface area contributed by atoms with Crippen molar-refractivity contribution >= 4 is 6.08 Å². The molecule has 0 N–H and O–H groups in total. The minimum atomic E-state index is 0.592. The molecule has 0 saturated heterocycles. The van der Waals surface area contributed by atoms with Crippen LogP contribution in [0.5, 0.6) is 0 Å². The number of fused-ring (bicyclic) bond motifs is 1. The van der Waals surface area contributed by atoms with Crippen molar-refractivity contribution in [1.82, 2.24) is 0 Å². The van der Waals surface area contributed by atoms with Crippen LogP contribution < -0.4 is 0 Å². The third-order valence-electron chi connectivity index (χ3n) is 4.42. The van der Waals surface area contributed by atoms with E-state index in [1.54, 1.807) is 5.57 Å². The van der Waals surface area contributed by atoms with Gasteiger partial charge in [0.2, 0.25) is 0 Å². The topological polar surface area (TPSA) is 0 Å².